The third-order valence-electron chi connectivity index (χ3n) is 2.89. The minimum atomic E-state index is 0. The molecule has 2 heteroatoms. The van der Waals surface area contributed by atoms with Gasteiger partial charge in [0.1, 0.15) is 0 Å². The fraction of sp³-hybridized carbons (Fsp3) is 0.467. The molecule has 0 heterocycles. The third kappa shape index (κ3) is 4.18. The molecule has 2 rings (SSSR count). The van der Waals surface area contributed by atoms with E-state index in [2.05, 4.69) is 62.5 Å². The van der Waals surface area contributed by atoms with E-state index in [0.29, 0.717) is 6.04 Å². The van der Waals surface area contributed by atoms with E-state index in [1.165, 1.54) is 24.0 Å². The number of halogens is 1. The monoisotopic (exact) mass is 251 g/mol. The van der Waals surface area contributed by atoms with Gasteiger partial charge in [0.05, 0.1) is 0 Å². The summed E-state index contributed by atoms with van der Waals surface area (Å²) in [5, 5.41) is 3.64. The van der Waals surface area contributed by atoms with Crippen LogP contribution in [0.25, 0.3) is 5.57 Å². The van der Waals surface area contributed by atoms with Gasteiger partial charge in [-0.1, -0.05) is 36.4 Å². The molecule has 1 atom stereocenters. The first-order valence-corrected chi connectivity index (χ1v) is 6.08. The molecule has 1 unspecified atom stereocenters. The summed E-state index contributed by atoms with van der Waals surface area (Å²) in [6.07, 6.45) is 4.81. The zero-order valence-electron chi connectivity index (χ0n) is 10.9. The first-order chi connectivity index (χ1) is 7.54. The van der Waals surface area contributed by atoms with Crippen molar-refractivity contribution in [2.24, 2.45) is 0 Å². The predicted octanol–water partition coefficient (Wildman–Crippen LogP) is 4.04. The third-order valence-corrected chi connectivity index (χ3v) is 2.89. The lowest BCUT2D eigenvalue weighted by Crippen LogP contribution is -2.41. The Morgan fingerprint density at radius 3 is 2.35 bits per heavy atom. The average molecular weight is 252 g/mol. The fourth-order valence-corrected chi connectivity index (χ4v) is 2.28. The Hall–Kier alpha value is -0.790. The molecule has 0 radical (unpaired) electrons. The van der Waals surface area contributed by atoms with Crippen LogP contribution in [-0.4, -0.2) is 11.6 Å². The van der Waals surface area contributed by atoms with Gasteiger partial charge >= 0.3 is 0 Å². The van der Waals surface area contributed by atoms with Crippen molar-refractivity contribution < 1.29 is 0 Å². The predicted molar refractivity (Wildman–Crippen MR) is 77.6 cm³/mol. The largest absolute Gasteiger partial charge is 0.306 e. The molecule has 0 bridgehead atoms. The van der Waals surface area contributed by atoms with Crippen LogP contribution >= 0.6 is 12.4 Å². The smallest absolute Gasteiger partial charge is 0.0263 e. The highest BCUT2D eigenvalue weighted by atomic mass is 35.5. The summed E-state index contributed by atoms with van der Waals surface area (Å²) in [5.74, 6) is 0. The van der Waals surface area contributed by atoms with Crippen LogP contribution in [0.1, 0.15) is 39.2 Å². The minimum absolute atomic E-state index is 0. The molecule has 0 saturated heterocycles. The van der Waals surface area contributed by atoms with Crippen molar-refractivity contribution >= 4 is 18.0 Å². The summed E-state index contributed by atoms with van der Waals surface area (Å²) >= 11 is 0. The number of hydrogen-bond donors (Lipinski definition) is 1. The van der Waals surface area contributed by atoms with E-state index in [9.17, 15) is 0 Å². The van der Waals surface area contributed by atoms with Gasteiger partial charge in [0.2, 0.25) is 0 Å². The van der Waals surface area contributed by atoms with Crippen LogP contribution in [0, 0.1) is 0 Å². The van der Waals surface area contributed by atoms with Crippen LogP contribution in [-0.2, 0) is 0 Å². The van der Waals surface area contributed by atoms with E-state index in [1.54, 1.807) is 0 Å². The number of nitrogens with one attached hydrogen (secondary N) is 1. The summed E-state index contributed by atoms with van der Waals surface area (Å²) in [4.78, 5) is 0. The number of benzene rings is 1. The molecule has 1 aromatic carbocycles. The van der Waals surface area contributed by atoms with Gasteiger partial charge in [0.25, 0.3) is 0 Å². The molecule has 1 aliphatic rings. The van der Waals surface area contributed by atoms with E-state index in [4.69, 9.17) is 0 Å². The SMILES string of the molecule is CC(C)(C)NC1C=C(c2ccccc2)CC1.Cl. The quantitative estimate of drug-likeness (QED) is 0.837. The van der Waals surface area contributed by atoms with Crippen molar-refractivity contribution in [1.82, 2.24) is 5.32 Å². The maximum absolute atomic E-state index is 3.64. The van der Waals surface area contributed by atoms with E-state index < -0.39 is 0 Å². The first-order valence-electron chi connectivity index (χ1n) is 6.08. The molecule has 0 saturated carbocycles. The van der Waals surface area contributed by atoms with Crippen LogP contribution in [0.2, 0.25) is 0 Å². The fourth-order valence-electron chi connectivity index (χ4n) is 2.28. The van der Waals surface area contributed by atoms with E-state index >= 15 is 0 Å². The second-order valence-corrected chi connectivity index (χ2v) is 5.60. The molecule has 1 N–H and O–H groups in total. The van der Waals surface area contributed by atoms with Crippen LogP contribution < -0.4 is 5.32 Å². The average Bonchev–Trinajstić information content (AvgIpc) is 2.65. The normalized spacial score (nSPS) is 19.7. The van der Waals surface area contributed by atoms with Crippen molar-refractivity contribution in [3.8, 4) is 0 Å². The molecule has 0 spiro atoms. The highest BCUT2D eigenvalue weighted by Gasteiger charge is 2.20. The minimum Gasteiger partial charge on any atom is -0.306 e. The lowest BCUT2D eigenvalue weighted by atomic mass is 10.1. The molecule has 0 fully saturated rings. The number of hydrogen-bond acceptors (Lipinski definition) is 1. The van der Waals surface area contributed by atoms with E-state index in [1.807, 2.05) is 0 Å². The van der Waals surface area contributed by atoms with Crippen molar-refractivity contribution in [1.29, 1.82) is 0 Å². The molecular formula is C15H22ClN. The Morgan fingerprint density at radius 2 is 1.76 bits per heavy atom. The summed E-state index contributed by atoms with van der Waals surface area (Å²) in [6, 6.07) is 11.2. The summed E-state index contributed by atoms with van der Waals surface area (Å²) in [7, 11) is 0. The second-order valence-electron chi connectivity index (χ2n) is 5.60. The summed E-state index contributed by atoms with van der Waals surface area (Å²) in [5.41, 5.74) is 3.07. The van der Waals surface area contributed by atoms with Crippen molar-refractivity contribution in [3.05, 3.63) is 42.0 Å². The van der Waals surface area contributed by atoms with Gasteiger partial charge in [-0.05, 0) is 44.7 Å². The molecule has 1 aliphatic carbocycles. The van der Waals surface area contributed by atoms with Crippen LogP contribution in [0.5, 0.6) is 0 Å². The van der Waals surface area contributed by atoms with Gasteiger partial charge in [-0.25, -0.2) is 0 Å². The first kappa shape index (κ1) is 14.3. The molecule has 0 aliphatic heterocycles. The lowest BCUT2D eigenvalue weighted by molar-refractivity contribution is 0.388. The number of allylic oxidation sites excluding steroid dienone is 1. The standard InChI is InChI=1S/C15H21N.ClH/c1-15(2,3)16-14-10-9-13(11-14)12-7-5-4-6-8-12;/h4-8,11,14,16H,9-10H2,1-3H3;1H. The molecule has 1 aromatic rings. The lowest BCUT2D eigenvalue weighted by Gasteiger charge is -2.24. The van der Waals surface area contributed by atoms with Gasteiger partial charge in [-0.15, -0.1) is 12.4 Å². The van der Waals surface area contributed by atoms with E-state index in [-0.39, 0.29) is 17.9 Å². The van der Waals surface area contributed by atoms with Gasteiger partial charge in [0, 0.05) is 11.6 Å². The highest BCUT2D eigenvalue weighted by Crippen LogP contribution is 2.28. The topological polar surface area (TPSA) is 12.0 Å². The molecule has 17 heavy (non-hydrogen) atoms. The zero-order chi connectivity index (χ0) is 11.6. The van der Waals surface area contributed by atoms with Crippen LogP contribution in [0.3, 0.4) is 0 Å². The Bertz CT molecular complexity index is 376. The Labute approximate surface area is 111 Å². The van der Waals surface area contributed by atoms with Crippen molar-refractivity contribution in [2.75, 3.05) is 0 Å². The Morgan fingerprint density at radius 1 is 1.12 bits per heavy atom. The molecule has 0 aromatic heterocycles. The van der Waals surface area contributed by atoms with Gasteiger partial charge in [-0.2, -0.15) is 0 Å². The molecule has 0 amide bonds. The molecule has 1 nitrogen and oxygen atoms in total. The highest BCUT2D eigenvalue weighted by molar-refractivity contribution is 5.85. The zero-order valence-corrected chi connectivity index (χ0v) is 11.7. The van der Waals surface area contributed by atoms with Gasteiger partial charge in [0.15, 0.2) is 0 Å². The molecule has 94 valence electrons. The van der Waals surface area contributed by atoms with Crippen molar-refractivity contribution in [3.63, 3.8) is 0 Å². The van der Waals surface area contributed by atoms with E-state index in [0.717, 1.165) is 0 Å². The summed E-state index contributed by atoms with van der Waals surface area (Å²) < 4.78 is 0. The second kappa shape index (κ2) is 5.70. The maximum Gasteiger partial charge on any atom is 0.0263 e. The Balaban J connectivity index is 0.00000144. The van der Waals surface area contributed by atoms with Crippen molar-refractivity contribution in [2.45, 2.75) is 45.2 Å². The Kier molecular flexibility index (Phi) is 4.79. The van der Waals surface area contributed by atoms with Gasteiger partial charge in [-0.3, -0.25) is 0 Å². The van der Waals surface area contributed by atoms with Crippen LogP contribution in [0.4, 0.5) is 0 Å². The number of rotatable bonds is 2. The van der Waals surface area contributed by atoms with Crippen LogP contribution in [0.15, 0.2) is 36.4 Å². The molecular weight excluding hydrogens is 230 g/mol. The summed E-state index contributed by atoms with van der Waals surface area (Å²) in [6.45, 7) is 6.67. The maximum atomic E-state index is 3.64. The van der Waals surface area contributed by atoms with Gasteiger partial charge < -0.3 is 5.32 Å².